The largest absolute Gasteiger partial charge is 0.435 e. The lowest BCUT2D eigenvalue weighted by Crippen LogP contribution is -2.13. The van der Waals surface area contributed by atoms with Gasteiger partial charge < -0.3 is 5.73 Å². The number of rotatable bonds is 1. The first-order valence-corrected chi connectivity index (χ1v) is 5.20. The van der Waals surface area contributed by atoms with Gasteiger partial charge in [-0.1, -0.05) is 12.1 Å². The van der Waals surface area contributed by atoms with Crippen molar-refractivity contribution in [2.24, 2.45) is 0 Å². The fraction of sp³-hybridized carbons (Fsp3) is 0.182. The molecule has 0 aliphatic heterocycles. The van der Waals surface area contributed by atoms with Crippen LogP contribution in [0.25, 0.3) is 5.69 Å². The lowest BCUT2D eigenvalue weighted by Gasteiger charge is -2.13. The zero-order valence-electron chi connectivity index (χ0n) is 9.63. The van der Waals surface area contributed by atoms with Gasteiger partial charge in [-0.15, -0.1) is 0 Å². The molecule has 0 aliphatic rings. The SMILES string of the molecule is Nc1cc(C(F)(F)F)nn1-c1ccccc1C(F)(F)F. The summed E-state index contributed by atoms with van der Waals surface area (Å²) < 4.78 is 76.3. The highest BCUT2D eigenvalue weighted by Gasteiger charge is 2.37. The second kappa shape index (κ2) is 4.43. The van der Waals surface area contributed by atoms with Crippen molar-refractivity contribution in [3.05, 3.63) is 41.6 Å². The molecule has 0 amide bonds. The Kier molecular flexibility index (Phi) is 3.15. The highest BCUT2D eigenvalue weighted by atomic mass is 19.4. The van der Waals surface area contributed by atoms with E-state index >= 15 is 0 Å². The molecule has 1 aromatic heterocycles. The summed E-state index contributed by atoms with van der Waals surface area (Å²) in [5, 5.41) is 3.09. The standard InChI is InChI=1S/C11H7F6N3/c12-10(13,14)6-3-1-2-4-7(6)20-9(18)5-8(19-20)11(15,16)17/h1-5H,18H2. The van der Waals surface area contributed by atoms with Crippen molar-refractivity contribution in [2.45, 2.75) is 12.4 Å². The molecular formula is C11H7F6N3. The van der Waals surface area contributed by atoms with Crippen LogP contribution in [0.1, 0.15) is 11.3 Å². The van der Waals surface area contributed by atoms with Crippen LogP contribution in [0.2, 0.25) is 0 Å². The van der Waals surface area contributed by atoms with Crippen molar-refractivity contribution in [3.63, 3.8) is 0 Å². The second-order valence-corrected chi connectivity index (χ2v) is 3.88. The summed E-state index contributed by atoms with van der Waals surface area (Å²) in [5.74, 6) is -0.533. The van der Waals surface area contributed by atoms with Gasteiger partial charge in [0.25, 0.3) is 0 Å². The normalized spacial score (nSPS) is 12.7. The summed E-state index contributed by atoms with van der Waals surface area (Å²) in [6.45, 7) is 0. The van der Waals surface area contributed by atoms with Gasteiger partial charge in [-0.05, 0) is 12.1 Å². The van der Waals surface area contributed by atoms with Gasteiger partial charge in [-0.2, -0.15) is 31.4 Å². The van der Waals surface area contributed by atoms with E-state index in [0.717, 1.165) is 18.2 Å². The van der Waals surface area contributed by atoms with E-state index in [0.29, 0.717) is 10.7 Å². The molecule has 0 aliphatic carbocycles. The predicted octanol–water partition coefficient (Wildman–Crippen LogP) is 3.49. The van der Waals surface area contributed by atoms with E-state index in [1.807, 2.05) is 0 Å². The Labute approximate surface area is 108 Å². The van der Waals surface area contributed by atoms with Gasteiger partial charge in [-0.3, -0.25) is 0 Å². The van der Waals surface area contributed by atoms with Gasteiger partial charge in [0.2, 0.25) is 0 Å². The number of hydrogen-bond donors (Lipinski definition) is 1. The van der Waals surface area contributed by atoms with E-state index in [4.69, 9.17) is 5.73 Å². The molecule has 108 valence electrons. The summed E-state index contributed by atoms with van der Waals surface area (Å²) in [6, 6.07) is 4.58. The van der Waals surface area contributed by atoms with Crippen LogP contribution in [-0.2, 0) is 12.4 Å². The second-order valence-electron chi connectivity index (χ2n) is 3.88. The van der Waals surface area contributed by atoms with Crippen LogP contribution in [0.3, 0.4) is 0 Å². The molecule has 1 aromatic carbocycles. The van der Waals surface area contributed by atoms with Crippen LogP contribution in [0, 0.1) is 0 Å². The zero-order chi connectivity index (χ0) is 15.1. The van der Waals surface area contributed by atoms with Crippen molar-refractivity contribution in [3.8, 4) is 5.69 Å². The maximum Gasteiger partial charge on any atom is 0.435 e. The number of hydrogen-bond acceptors (Lipinski definition) is 2. The molecule has 1 heterocycles. The molecule has 0 saturated heterocycles. The van der Waals surface area contributed by atoms with E-state index in [1.54, 1.807) is 0 Å². The third kappa shape index (κ3) is 2.56. The number of nitrogen functional groups attached to an aromatic ring is 1. The summed E-state index contributed by atoms with van der Waals surface area (Å²) in [6.07, 6.45) is -9.51. The van der Waals surface area contributed by atoms with Crippen molar-refractivity contribution in [2.75, 3.05) is 5.73 Å². The fourth-order valence-electron chi connectivity index (χ4n) is 1.63. The first-order valence-electron chi connectivity index (χ1n) is 5.20. The van der Waals surface area contributed by atoms with E-state index in [9.17, 15) is 26.3 Å². The number of nitrogens with two attached hydrogens (primary N) is 1. The minimum atomic E-state index is -4.79. The average Bonchev–Trinajstić information content (AvgIpc) is 2.70. The molecule has 3 nitrogen and oxygen atoms in total. The van der Waals surface area contributed by atoms with E-state index in [1.165, 1.54) is 6.07 Å². The monoisotopic (exact) mass is 295 g/mol. The quantitative estimate of drug-likeness (QED) is 0.818. The van der Waals surface area contributed by atoms with Gasteiger partial charge in [0.1, 0.15) is 5.82 Å². The first kappa shape index (κ1) is 14.2. The van der Waals surface area contributed by atoms with Crippen molar-refractivity contribution in [1.29, 1.82) is 0 Å². The van der Waals surface area contributed by atoms with E-state index in [-0.39, 0.29) is 0 Å². The highest BCUT2D eigenvalue weighted by Crippen LogP contribution is 2.36. The minimum Gasteiger partial charge on any atom is -0.384 e. The Balaban J connectivity index is 2.62. The maximum atomic E-state index is 12.8. The first-order chi connectivity index (χ1) is 9.10. The van der Waals surface area contributed by atoms with Crippen LogP contribution in [-0.4, -0.2) is 9.78 Å². The molecular weight excluding hydrogens is 288 g/mol. The number of alkyl halides is 6. The van der Waals surface area contributed by atoms with Crippen molar-refractivity contribution < 1.29 is 26.3 Å². The molecule has 2 N–H and O–H groups in total. The lowest BCUT2D eigenvalue weighted by molar-refractivity contribution is -0.141. The van der Waals surface area contributed by atoms with Gasteiger partial charge in [0.05, 0.1) is 11.3 Å². The van der Waals surface area contributed by atoms with E-state index < -0.39 is 35.1 Å². The van der Waals surface area contributed by atoms with Crippen LogP contribution in [0.15, 0.2) is 30.3 Å². The molecule has 0 bridgehead atoms. The number of nitrogens with zero attached hydrogens (tertiary/aromatic N) is 2. The molecule has 0 fully saturated rings. The van der Waals surface area contributed by atoms with Crippen LogP contribution >= 0.6 is 0 Å². The maximum absolute atomic E-state index is 12.8. The number of aromatic nitrogens is 2. The minimum absolute atomic E-state index is 0.422. The third-order valence-corrected chi connectivity index (χ3v) is 2.46. The summed E-state index contributed by atoms with van der Waals surface area (Å²) in [7, 11) is 0. The van der Waals surface area contributed by atoms with Gasteiger partial charge in [0.15, 0.2) is 5.69 Å². The molecule has 0 saturated carbocycles. The summed E-state index contributed by atoms with van der Waals surface area (Å²) >= 11 is 0. The molecule has 9 heteroatoms. The van der Waals surface area contributed by atoms with Crippen LogP contribution < -0.4 is 5.73 Å². The Morgan fingerprint density at radius 1 is 0.950 bits per heavy atom. The number of anilines is 1. The topological polar surface area (TPSA) is 43.8 Å². The van der Waals surface area contributed by atoms with Crippen LogP contribution in [0.4, 0.5) is 32.2 Å². The molecule has 20 heavy (non-hydrogen) atoms. The van der Waals surface area contributed by atoms with Crippen molar-refractivity contribution >= 4 is 5.82 Å². The summed E-state index contributed by atoms with van der Waals surface area (Å²) in [5.41, 5.74) is 2.28. The smallest absolute Gasteiger partial charge is 0.384 e. The molecule has 2 aromatic rings. The molecule has 2 rings (SSSR count). The zero-order valence-corrected chi connectivity index (χ0v) is 9.63. The Bertz CT molecular complexity index is 626. The highest BCUT2D eigenvalue weighted by molar-refractivity contribution is 5.49. The Morgan fingerprint density at radius 3 is 2.05 bits per heavy atom. The van der Waals surface area contributed by atoms with Gasteiger partial charge in [0, 0.05) is 6.07 Å². The summed E-state index contributed by atoms with van der Waals surface area (Å²) in [4.78, 5) is 0. The molecule has 0 radical (unpaired) electrons. The van der Waals surface area contributed by atoms with Crippen molar-refractivity contribution in [1.82, 2.24) is 9.78 Å². The predicted molar refractivity (Wildman–Crippen MR) is 58.0 cm³/mol. The van der Waals surface area contributed by atoms with Gasteiger partial charge in [-0.25, -0.2) is 4.68 Å². The van der Waals surface area contributed by atoms with Crippen LogP contribution in [0.5, 0.6) is 0 Å². The third-order valence-electron chi connectivity index (χ3n) is 2.46. The van der Waals surface area contributed by atoms with E-state index in [2.05, 4.69) is 5.10 Å². The number of halogens is 6. The average molecular weight is 295 g/mol. The molecule has 0 atom stereocenters. The fourth-order valence-corrected chi connectivity index (χ4v) is 1.63. The van der Waals surface area contributed by atoms with Gasteiger partial charge >= 0.3 is 12.4 Å². The number of benzene rings is 1. The Morgan fingerprint density at radius 2 is 1.55 bits per heavy atom. The Hall–Kier alpha value is -2.19. The number of para-hydroxylation sites is 1. The molecule has 0 unspecified atom stereocenters. The lowest BCUT2D eigenvalue weighted by atomic mass is 10.1. The molecule has 0 spiro atoms.